The number of likely N-dealkylation sites (N-methyl/N-ethyl adjacent to an activating group) is 1. The molecule has 1 atom stereocenters. The summed E-state index contributed by atoms with van der Waals surface area (Å²) in [6, 6.07) is 3.87. The molecule has 1 amide bonds. The number of aliphatic hydroxyl groups is 2. The first-order valence-electron chi connectivity index (χ1n) is 11.1. The lowest BCUT2D eigenvalue weighted by Gasteiger charge is -2.41. The van der Waals surface area contributed by atoms with Crippen LogP contribution in [0.3, 0.4) is 0 Å². The summed E-state index contributed by atoms with van der Waals surface area (Å²) in [4.78, 5) is 26.5. The van der Waals surface area contributed by atoms with Crippen molar-refractivity contribution in [2.75, 3.05) is 20.2 Å². The first-order valence-corrected chi connectivity index (χ1v) is 11.1. The summed E-state index contributed by atoms with van der Waals surface area (Å²) in [5.41, 5.74) is 2.04. The zero-order chi connectivity index (χ0) is 22.2. The van der Waals surface area contributed by atoms with Crippen molar-refractivity contribution in [1.82, 2.24) is 4.90 Å². The number of benzene rings is 1. The van der Waals surface area contributed by atoms with Crippen LogP contribution in [0.15, 0.2) is 21.3 Å². The molecule has 7 nitrogen and oxygen atoms in total. The van der Waals surface area contributed by atoms with Gasteiger partial charge < -0.3 is 24.3 Å². The van der Waals surface area contributed by atoms with Gasteiger partial charge in [0.2, 0.25) is 5.91 Å². The molecule has 168 valence electrons. The van der Waals surface area contributed by atoms with Crippen LogP contribution in [0.4, 0.5) is 0 Å². The number of aryl methyl sites for hydroxylation is 2. The highest BCUT2D eigenvalue weighted by molar-refractivity contribution is 5.86. The number of amides is 1. The molecule has 0 unspecified atom stereocenters. The van der Waals surface area contributed by atoms with Crippen LogP contribution in [0.1, 0.15) is 55.2 Å². The molecule has 4 rings (SSSR count). The lowest BCUT2D eigenvalue weighted by Crippen LogP contribution is -2.41. The van der Waals surface area contributed by atoms with E-state index >= 15 is 0 Å². The molecule has 1 aromatic carbocycles. The van der Waals surface area contributed by atoms with Crippen molar-refractivity contribution in [1.29, 1.82) is 0 Å². The summed E-state index contributed by atoms with van der Waals surface area (Å²) >= 11 is 0. The van der Waals surface area contributed by atoms with Gasteiger partial charge in [0.15, 0.2) is 0 Å². The molecule has 7 heteroatoms. The van der Waals surface area contributed by atoms with Crippen LogP contribution in [0.5, 0.6) is 5.75 Å². The van der Waals surface area contributed by atoms with Crippen LogP contribution in [0.2, 0.25) is 0 Å². The quantitative estimate of drug-likeness (QED) is 0.709. The van der Waals surface area contributed by atoms with Crippen molar-refractivity contribution in [3.05, 3.63) is 39.2 Å². The fourth-order valence-corrected chi connectivity index (χ4v) is 4.91. The minimum Gasteiger partial charge on any atom is -0.487 e. The molecular weight excluding hydrogens is 398 g/mol. The molecule has 2 heterocycles. The van der Waals surface area contributed by atoms with Crippen LogP contribution < -0.4 is 10.4 Å². The Labute approximate surface area is 181 Å². The molecule has 0 saturated heterocycles. The second-order valence-electron chi connectivity index (χ2n) is 9.08. The Morgan fingerprint density at radius 2 is 1.97 bits per heavy atom. The van der Waals surface area contributed by atoms with Crippen LogP contribution >= 0.6 is 0 Å². The number of ether oxygens (including phenoxy) is 1. The third-order valence-corrected chi connectivity index (χ3v) is 6.86. The molecule has 31 heavy (non-hydrogen) atoms. The Balaban J connectivity index is 1.63. The Bertz CT molecular complexity index is 1040. The summed E-state index contributed by atoms with van der Waals surface area (Å²) in [5.74, 6) is 0.493. The maximum atomic E-state index is 12.7. The average Bonchev–Trinajstić information content (AvgIpc) is 2.75. The van der Waals surface area contributed by atoms with Crippen molar-refractivity contribution in [2.45, 2.75) is 70.0 Å². The third-order valence-electron chi connectivity index (χ3n) is 6.86. The van der Waals surface area contributed by atoms with Gasteiger partial charge in [0.25, 0.3) is 0 Å². The summed E-state index contributed by atoms with van der Waals surface area (Å²) < 4.78 is 12.1. The Morgan fingerprint density at radius 1 is 1.23 bits per heavy atom. The number of rotatable bonds is 5. The van der Waals surface area contributed by atoms with Gasteiger partial charge in [-0.05, 0) is 62.6 Å². The number of hydrogen-bond donors (Lipinski definition) is 2. The number of hydrogen-bond acceptors (Lipinski definition) is 6. The molecule has 2 N–H and O–H groups in total. The van der Waals surface area contributed by atoms with E-state index in [4.69, 9.17) is 14.3 Å². The smallest absolute Gasteiger partial charge is 0.340 e. The zero-order valence-corrected chi connectivity index (χ0v) is 18.3. The number of fused-ring (bicyclic) bond motifs is 2. The maximum absolute atomic E-state index is 12.7. The van der Waals surface area contributed by atoms with E-state index < -0.39 is 18.3 Å². The highest BCUT2D eigenvalue weighted by Gasteiger charge is 2.37. The van der Waals surface area contributed by atoms with Gasteiger partial charge >= 0.3 is 5.63 Å². The van der Waals surface area contributed by atoms with Gasteiger partial charge in [0.1, 0.15) is 16.9 Å². The molecule has 2 aliphatic rings. The first-order chi connectivity index (χ1) is 14.8. The van der Waals surface area contributed by atoms with Gasteiger partial charge in [-0.2, -0.15) is 0 Å². The molecule has 1 aliphatic heterocycles. The third kappa shape index (κ3) is 4.34. The number of carbonyl (C=O) groups is 1. The molecule has 1 fully saturated rings. The number of carbonyl (C=O) groups excluding carboxylic acids is 1. The number of aliphatic hydroxyl groups excluding tert-OH is 2. The van der Waals surface area contributed by atoms with Crippen LogP contribution in [-0.4, -0.2) is 52.9 Å². The Kier molecular flexibility index (Phi) is 6.08. The second-order valence-corrected chi connectivity index (χ2v) is 9.08. The maximum Gasteiger partial charge on any atom is 0.340 e. The van der Waals surface area contributed by atoms with Gasteiger partial charge in [-0.1, -0.05) is 6.42 Å². The normalized spacial score (nSPS) is 18.5. The van der Waals surface area contributed by atoms with Gasteiger partial charge in [0.05, 0.1) is 24.7 Å². The van der Waals surface area contributed by atoms with Crippen molar-refractivity contribution in [3.8, 4) is 5.75 Å². The van der Waals surface area contributed by atoms with E-state index in [9.17, 15) is 14.7 Å². The summed E-state index contributed by atoms with van der Waals surface area (Å²) in [6.45, 7) is 1.41. The van der Waals surface area contributed by atoms with Crippen molar-refractivity contribution < 1.29 is 24.2 Å². The zero-order valence-electron chi connectivity index (χ0n) is 18.3. The van der Waals surface area contributed by atoms with Crippen molar-refractivity contribution in [3.63, 3.8) is 0 Å². The van der Waals surface area contributed by atoms with Gasteiger partial charge in [-0.25, -0.2) is 4.79 Å². The molecule has 1 aliphatic carbocycles. The molecule has 0 radical (unpaired) electrons. The molecule has 1 aromatic heterocycles. The van der Waals surface area contributed by atoms with Crippen LogP contribution in [0.25, 0.3) is 11.0 Å². The SMILES string of the molecule is Cc1c(CC(=O)N(C)C[C@H](O)CO)c(=O)oc2cc3c(cc12)CCC1(CCCCC1)O3. The van der Waals surface area contributed by atoms with Crippen molar-refractivity contribution >= 4 is 16.9 Å². The standard InChI is InChI=1S/C24H31NO6/c1-15-18-10-16-6-9-24(7-4-3-5-8-24)31-20(16)12-21(18)30-23(29)19(15)11-22(28)25(2)13-17(27)14-26/h10,12,17,26-27H,3-9,11,13-14H2,1-2H3/t17-/m0/s1. The van der Waals surface area contributed by atoms with Crippen LogP contribution in [-0.2, 0) is 17.6 Å². The lowest BCUT2D eigenvalue weighted by molar-refractivity contribution is -0.130. The summed E-state index contributed by atoms with van der Waals surface area (Å²) in [7, 11) is 1.54. The second kappa shape index (κ2) is 8.63. The minimum absolute atomic E-state index is 0.000107. The Hall–Kier alpha value is -2.38. The average molecular weight is 430 g/mol. The first kappa shape index (κ1) is 21.8. The van der Waals surface area contributed by atoms with E-state index in [1.54, 1.807) is 0 Å². The minimum atomic E-state index is -1.01. The van der Waals surface area contributed by atoms with Gasteiger partial charge in [0, 0.05) is 25.0 Å². The largest absolute Gasteiger partial charge is 0.487 e. The highest BCUT2D eigenvalue weighted by atomic mass is 16.5. The van der Waals surface area contributed by atoms with E-state index in [0.29, 0.717) is 11.1 Å². The van der Waals surface area contributed by atoms with Crippen LogP contribution in [0, 0.1) is 6.92 Å². The van der Waals surface area contributed by atoms with E-state index in [-0.39, 0.29) is 24.5 Å². The fourth-order valence-electron chi connectivity index (χ4n) is 4.91. The predicted octanol–water partition coefficient (Wildman–Crippen LogP) is 2.48. The lowest BCUT2D eigenvalue weighted by atomic mass is 9.79. The molecule has 1 spiro atoms. The van der Waals surface area contributed by atoms with E-state index in [1.165, 1.54) is 31.2 Å². The fraction of sp³-hybridized carbons (Fsp3) is 0.583. The molecule has 1 saturated carbocycles. The molecule has 0 bridgehead atoms. The monoisotopic (exact) mass is 429 g/mol. The van der Waals surface area contributed by atoms with E-state index in [2.05, 4.69) is 0 Å². The summed E-state index contributed by atoms with van der Waals surface area (Å²) in [5, 5.41) is 19.4. The van der Waals surface area contributed by atoms with Crippen molar-refractivity contribution in [2.24, 2.45) is 0 Å². The topological polar surface area (TPSA) is 100 Å². The predicted molar refractivity (Wildman–Crippen MR) is 116 cm³/mol. The van der Waals surface area contributed by atoms with Gasteiger partial charge in [-0.3, -0.25) is 4.79 Å². The van der Waals surface area contributed by atoms with Gasteiger partial charge in [-0.15, -0.1) is 0 Å². The highest BCUT2D eigenvalue weighted by Crippen LogP contribution is 2.43. The Morgan fingerprint density at radius 3 is 2.68 bits per heavy atom. The van der Waals surface area contributed by atoms with E-state index in [0.717, 1.165) is 47.9 Å². The van der Waals surface area contributed by atoms with E-state index in [1.807, 2.05) is 19.1 Å². The molecule has 2 aromatic rings. The molecular formula is C24H31NO6. The number of nitrogens with zero attached hydrogens (tertiary/aromatic N) is 1. The summed E-state index contributed by atoms with van der Waals surface area (Å²) in [6.07, 6.45) is 6.61.